The van der Waals surface area contributed by atoms with Crippen molar-refractivity contribution in [2.75, 3.05) is 12.4 Å². The number of halogens is 1. The van der Waals surface area contributed by atoms with Crippen molar-refractivity contribution in [1.29, 1.82) is 0 Å². The summed E-state index contributed by atoms with van der Waals surface area (Å²) in [4.78, 5) is 23.8. The van der Waals surface area contributed by atoms with Gasteiger partial charge in [-0.15, -0.1) is 0 Å². The molecule has 3 N–H and O–H groups in total. The fraction of sp³-hybridized carbons (Fsp3) is 0.211. The Balaban J connectivity index is 1.75. The zero-order valence-corrected chi connectivity index (χ0v) is 14.5. The zero-order chi connectivity index (χ0) is 19.0. The number of methoxy groups -OCH3 is 1. The van der Waals surface area contributed by atoms with Gasteiger partial charge in [-0.1, -0.05) is 12.1 Å². The average molecular weight is 368 g/mol. The van der Waals surface area contributed by atoms with E-state index in [1.54, 1.807) is 24.3 Å². The number of amides is 2. The third-order valence-corrected chi connectivity index (χ3v) is 4.55. The molecule has 4 rings (SSSR count). The van der Waals surface area contributed by atoms with Crippen molar-refractivity contribution >= 4 is 28.4 Å². The van der Waals surface area contributed by atoms with Crippen molar-refractivity contribution < 1.29 is 18.7 Å². The van der Waals surface area contributed by atoms with E-state index in [2.05, 4.69) is 20.8 Å². The molecule has 0 radical (unpaired) electrons. The number of carbonyl (C=O) groups excluding carboxylic acids is 2. The van der Waals surface area contributed by atoms with Crippen molar-refractivity contribution in [1.82, 2.24) is 15.5 Å². The third kappa shape index (κ3) is 3.10. The lowest BCUT2D eigenvalue weighted by Crippen LogP contribution is -2.37. The first-order chi connectivity index (χ1) is 13.1. The van der Waals surface area contributed by atoms with Gasteiger partial charge in [-0.05, 0) is 30.7 Å². The van der Waals surface area contributed by atoms with Gasteiger partial charge in [-0.3, -0.25) is 14.7 Å². The summed E-state index contributed by atoms with van der Waals surface area (Å²) in [6.07, 6.45) is 0.787. The van der Waals surface area contributed by atoms with Crippen molar-refractivity contribution in [3.8, 4) is 17.0 Å². The van der Waals surface area contributed by atoms with Crippen LogP contribution in [0.3, 0.4) is 0 Å². The number of ether oxygens (including phenoxy) is 1. The Bertz CT molecular complexity index is 1050. The first kappa shape index (κ1) is 17.0. The fourth-order valence-electron chi connectivity index (χ4n) is 3.27. The highest BCUT2D eigenvalue weighted by atomic mass is 19.1. The van der Waals surface area contributed by atoms with Crippen molar-refractivity contribution in [2.45, 2.75) is 18.9 Å². The summed E-state index contributed by atoms with van der Waals surface area (Å²) in [5.41, 5.74) is 2.26. The highest BCUT2D eigenvalue weighted by Crippen LogP contribution is 2.39. The number of aromatic amines is 1. The lowest BCUT2D eigenvalue weighted by Gasteiger charge is -2.14. The van der Waals surface area contributed by atoms with Gasteiger partial charge in [0.1, 0.15) is 17.6 Å². The van der Waals surface area contributed by atoms with Crippen LogP contribution in [0.4, 0.5) is 10.1 Å². The predicted molar refractivity (Wildman–Crippen MR) is 97.8 cm³/mol. The number of rotatable bonds is 4. The molecule has 2 heterocycles. The second kappa shape index (κ2) is 6.71. The van der Waals surface area contributed by atoms with E-state index in [1.165, 1.54) is 19.2 Å². The summed E-state index contributed by atoms with van der Waals surface area (Å²) in [5, 5.41) is 13.3. The van der Waals surface area contributed by atoms with Crippen LogP contribution >= 0.6 is 0 Å². The van der Waals surface area contributed by atoms with Gasteiger partial charge in [0.25, 0.3) is 0 Å². The topological polar surface area (TPSA) is 96.1 Å². The standard InChI is InChI=1S/C19H17FN4O3/c1-27-18-13(22-19(26)14-7-8-15(25)21-14)6-5-12-16(18)17(24-23-12)10-3-2-4-11(20)9-10/h2-6,9,14H,7-8H2,1H3,(H,21,25)(H,22,26)(H,23,24)/t14-/m0/s1. The van der Waals surface area contributed by atoms with Crippen LogP contribution in [0.2, 0.25) is 0 Å². The molecule has 3 aromatic rings. The quantitative estimate of drug-likeness (QED) is 0.660. The van der Waals surface area contributed by atoms with Gasteiger partial charge in [-0.2, -0.15) is 5.10 Å². The number of hydrogen-bond acceptors (Lipinski definition) is 4. The molecule has 0 bridgehead atoms. The van der Waals surface area contributed by atoms with Gasteiger partial charge in [0.05, 0.1) is 23.7 Å². The predicted octanol–water partition coefficient (Wildman–Crippen LogP) is 2.59. The number of nitrogens with zero attached hydrogens (tertiary/aromatic N) is 1. The van der Waals surface area contributed by atoms with Crippen LogP contribution in [-0.2, 0) is 9.59 Å². The Morgan fingerprint density at radius 2 is 2.19 bits per heavy atom. The number of benzene rings is 2. The molecule has 1 aliphatic rings. The van der Waals surface area contributed by atoms with Crippen LogP contribution in [0.5, 0.6) is 5.75 Å². The first-order valence-electron chi connectivity index (χ1n) is 8.48. The Morgan fingerprint density at radius 1 is 1.33 bits per heavy atom. The largest absolute Gasteiger partial charge is 0.494 e. The monoisotopic (exact) mass is 368 g/mol. The molecule has 8 heteroatoms. The molecule has 1 aliphatic heterocycles. The molecule has 2 amide bonds. The molecule has 1 fully saturated rings. The Morgan fingerprint density at radius 3 is 2.89 bits per heavy atom. The van der Waals surface area contributed by atoms with Crippen LogP contribution in [0, 0.1) is 5.82 Å². The van der Waals surface area contributed by atoms with Gasteiger partial charge in [0, 0.05) is 12.0 Å². The summed E-state index contributed by atoms with van der Waals surface area (Å²) < 4.78 is 19.2. The summed E-state index contributed by atoms with van der Waals surface area (Å²) >= 11 is 0. The maximum Gasteiger partial charge on any atom is 0.247 e. The average Bonchev–Trinajstić information content (AvgIpc) is 3.28. The smallest absolute Gasteiger partial charge is 0.247 e. The van der Waals surface area contributed by atoms with E-state index in [0.29, 0.717) is 46.4 Å². The SMILES string of the molecule is COc1c(NC(=O)[C@@H]2CCC(=O)N2)ccc2[nH]nc(-c3cccc(F)c3)c12. The second-order valence-electron chi connectivity index (χ2n) is 6.30. The maximum absolute atomic E-state index is 13.6. The van der Waals surface area contributed by atoms with Gasteiger partial charge in [-0.25, -0.2) is 4.39 Å². The van der Waals surface area contributed by atoms with Gasteiger partial charge in [0.2, 0.25) is 11.8 Å². The molecule has 0 spiro atoms. The molecule has 7 nitrogen and oxygen atoms in total. The van der Waals surface area contributed by atoms with E-state index in [-0.39, 0.29) is 17.6 Å². The lowest BCUT2D eigenvalue weighted by molar-refractivity contribution is -0.122. The molecule has 27 heavy (non-hydrogen) atoms. The molecule has 138 valence electrons. The molecule has 0 unspecified atom stereocenters. The van der Waals surface area contributed by atoms with E-state index >= 15 is 0 Å². The Labute approximate surface area is 153 Å². The van der Waals surface area contributed by atoms with E-state index in [9.17, 15) is 14.0 Å². The number of H-pyrrole nitrogens is 1. The van der Waals surface area contributed by atoms with Crippen LogP contribution in [0.1, 0.15) is 12.8 Å². The maximum atomic E-state index is 13.6. The Kier molecular flexibility index (Phi) is 4.23. The first-order valence-corrected chi connectivity index (χ1v) is 8.48. The van der Waals surface area contributed by atoms with Gasteiger partial charge >= 0.3 is 0 Å². The molecule has 0 aliphatic carbocycles. The number of anilines is 1. The minimum absolute atomic E-state index is 0.138. The summed E-state index contributed by atoms with van der Waals surface area (Å²) in [5.74, 6) is -0.405. The molecule has 1 aromatic heterocycles. The second-order valence-corrected chi connectivity index (χ2v) is 6.30. The van der Waals surface area contributed by atoms with Crippen molar-refractivity contribution in [3.05, 3.63) is 42.2 Å². The number of nitrogens with one attached hydrogen (secondary N) is 3. The van der Waals surface area contributed by atoms with Crippen LogP contribution in [0.15, 0.2) is 36.4 Å². The summed E-state index contributed by atoms with van der Waals surface area (Å²) in [6.45, 7) is 0. The van der Waals surface area contributed by atoms with Gasteiger partial charge in [0.15, 0.2) is 5.75 Å². The highest BCUT2D eigenvalue weighted by Gasteiger charge is 2.28. The molecular weight excluding hydrogens is 351 g/mol. The number of hydrogen-bond donors (Lipinski definition) is 3. The van der Waals surface area contributed by atoms with Gasteiger partial charge < -0.3 is 15.4 Å². The van der Waals surface area contributed by atoms with Crippen LogP contribution in [0.25, 0.3) is 22.2 Å². The molecular formula is C19H17FN4O3. The van der Waals surface area contributed by atoms with Crippen LogP contribution in [-0.4, -0.2) is 35.2 Å². The molecule has 0 saturated carbocycles. The number of aromatic nitrogens is 2. The number of fused-ring (bicyclic) bond motifs is 1. The van der Waals surface area contributed by atoms with E-state index in [0.717, 1.165) is 0 Å². The molecule has 1 atom stereocenters. The van der Waals surface area contributed by atoms with E-state index in [4.69, 9.17) is 4.74 Å². The van der Waals surface area contributed by atoms with Crippen molar-refractivity contribution in [2.24, 2.45) is 0 Å². The fourth-order valence-corrected chi connectivity index (χ4v) is 3.27. The van der Waals surface area contributed by atoms with E-state index < -0.39 is 6.04 Å². The highest BCUT2D eigenvalue weighted by molar-refractivity contribution is 6.06. The summed E-state index contributed by atoms with van der Waals surface area (Å²) in [7, 11) is 1.49. The summed E-state index contributed by atoms with van der Waals surface area (Å²) in [6, 6.07) is 8.99. The minimum atomic E-state index is -0.565. The van der Waals surface area contributed by atoms with Crippen LogP contribution < -0.4 is 15.4 Å². The normalized spacial score (nSPS) is 16.4. The number of carbonyl (C=O) groups is 2. The molecule has 1 saturated heterocycles. The van der Waals surface area contributed by atoms with Crippen molar-refractivity contribution in [3.63, 3.8) is 0 Å². The van der Waals surface area contributed by atoms with E-state index in [1.807, 2.05) is 0 Å². The zero-order valence-electron chi connectivity index (χ0n) is 14.5. The Hall–Kier alpha value is -3.42. The lowest BCUT2D eigenvalue weighted by atomic mass is 10.1. The minimum Gasteiger partial charge on any atom is -0.494 e. The third-order valence-electron chi connectivity index (χ3n) is 4.55. The molecule has 2 aromatic carbocycles.